The summed E-state index contributed by atoms with van der Waals surface area (Å²) in [7, 11) is 0. The smallest absolute Gasteiger partial charge is 0.877 e. The molecule has 0 amide bonds. The monoisotopic (exact) mass is 227 g/mol. The number of nitrogens with zero attached hydrogens (tertiary/aromatic N) is 1. The zero-order chi connectivity index (χ0) is 9.97. The van der Waals surface area contributed by atoms with Crippen molar-refractivity contribution in [1.82, 2.24) is 4.98 Å². The number of carbonyl (C=O) groups excluding carboxylic acids is 1. The number of thiazole rings is 1. The number of hydrogen-bond donors (Lipinski definition) is 0. The third kappa shape index (κ3) is 2.46. The largest absolute Gasteiger partial charge is 1.00 e. The Kier molecular flexibility index (Phi) is 4.47. The Morgan fingerprint density at radius 1 is 1.40 bits per heavy atom. The van der Waals surface area contributed by atoms with Crippen LogP contribution in [0.3, 0.4) is 0 Å². The van der Waals surface area contributed by atoms with Crippen molar-refractivity contribution in [1.29, 1.82) is 0 Å². The Labute approximate surface area is 113 Å². The van der Waals surface area contributed by atoms with Gasteiger partial charge in [0.25, 0.3) is 0 Å². The number of aromatic nitrogens is 1. The summed E-state index contributed by atoms with van der Waals surface area (Å²) < 4.78 is 0.976. The summed E-state index contributed by atoms with van der Waals surface area (Å²) in [6, 6.07) is 7.52. The van der Waals surface area contributed by atoms with Crippen molar-refractivity contribution >= 4 is 33.4 Å². The number of para-hydroxylation sites is 1. The summed E-state index contributed by atoms with van der Waals surface area (Å²) >= 11 is 1.34. The van der Waals surface area contributed by atoms with E-state index in [-0.39, 0.29) is 35.1 Å². The summed E-state index contributed by atoms with van der Waals surface area (Å²) in [5.41, 5.74) is 0.917. The second-order valence-corrected chi connectivity index (χ2v) is 3.71. The van der Waals surface area contributed by atoms with Gasteiger partial charge in [0, 0.05) is 5.57 Å². The van der Waals surface area contributed by atoms with E-state index < -0.39 is 0 Å². The Bertz CT molecular complexity index is 474. The van der Waals surface area contributed by atoms with Crippen molar-refractivity contribution in [3.63, 3.8) is 0 Å². The van der Waals surface area contributed by atoms with E-state index in [1.807, 2.05) is 24.3 Å². The van der Waals surface area contributed by atoms with Gasteiger partial charge in [-0.25, -0.2) is 4.98 Å². The van der Waals surface area contributed by atoms with Crippen molar-refractivity contribution in [2.24, 2.45) is 0 Å². The minimum absolute atomic E-state index is 0. The number of benzene rings is 1. The average Bonchev–Trinajstić information content (AvgIpc) is 2.63. The van der Waals surface area contributed by atoms with Crippen LogP contribution in [0, 0.1) is 0 Å². The van der Waals surface area contributed by atoms with Gasteiger partial charge in [0.15, 0.2) is 6.29 Å². The minimum Gasteiger partial charge on any atom is -0.877 e. The molecule has 2 aromatic rings. The Hall–Kier alpha value is -0.680. The van der Waals surface area contributed by atoms with Gasteiger partial charge in [-0.3, -0.25) is 4.79 Å². The summed E-state index contributed by atoms with van der Waals surface area (Å²) in [5, 5.41) is 11.0. The zero-order valence-electron chi connectivity index (χ0n) is 8.14. The van der Waals surface area contributed by atoms with Gasteiger partial charge in [-0.1, -0.05) is 12.1 Å². The fraction of sp³-hybridized carbons (Fsp3) is 0. The average molecular weight is 227 g/mol. The van der Waals surface area contributed by atoms with Gasteiger partial charge in [-0.05, 0) is 12.1 Å². The van der Waals surface area contributed by atoms with Crippen LogP contribution in [0.15, 0.2) is 30.5 Å². The third-order valence-corrected chi connectivity index (χ3v) is 2.88. The molecule has 0 aliphatic heterocycles. The molecule has 0 fully saturated rings. The van der Waals surface area contributed by atoms with E-state index in [1.165, 1.54) is 11.3 Å². The first-order valence-electron chi connectivity index (χ1n) is 3.98. The maximum Gasteiger partial charge on any atom is 1.00 e. The van der Waals surface area contributed by atoms with Crippen LogP contribution in [-0.2, 0) is 4.79 Å². The van der Waals surface area contributed by atoms with E-state index in [1.54, 1.807) is 0 Å². The molecule has 0 saturated heterocycles. The standard InChI is InChI=1S/C10H7NO2S.Na/c12-5-7(6-13)10-11-8-3-1-2-4-9(8)14-10;/h1-6,12H;/q;+1/p-1/b7-5+;. The van der Waals surface area contributed by atoms with Gasteiger partial charge in [0.2, 0.25) is 0 Å². The van der Waals surface area contributed by atoms with E-state index in [2.05, 4.69) is 4.98 Å². The molecule has 15 heavy (non-hydrogen) atoms. The second-order valence-electron chi connectivity index (χ2n) is 2.68. The van der Waals surface area contributed by atoms with Crippen molar-refractivity contribution in [2.75, 3.05) is 0 Å². The van der Waals surface area contributed by atoms with Gasteiger partial charge in [-0.15, -0.1) is 17.6 Å². The normalized spacial score (nSPS) is 11.1. The molecule has 0 atom stereocenters. The van der Waals surface area contributed by atoms with E-state index in [4.69, 9.17) is 0 Å². The van der Waals surface area contributed by atoms with E-state index in [0.717, 1.165) is 10.2 Å². The molecule has 1 heterocycles. The molecular formula is C10H6NNaO2S. The van der Waals surface area contributed by atoms with Crippen molar-refractivity contribution < 1.29 is 39.5 Å². The van der Waals surface area contributed by atoms with Crippen LogP contribution < -0.4 is 34.7 Å². The Morgan fingerprint density at radius 2 is 2.13 bits per heavy atom. The molecule has 0 aliphatic carbocycles. The number of rotatable bonds is 2. The summed E-state index contributed by atoms with van der Waals surface area (Å²) in [4.78, 5) is 14.7. The summed E-state index contributed by atoms with van der Waals surface area (Å²) in [5.74, 6) is 0. The van der Waals surface area contributed by atoms with Gasteiger partial charge >= 0.3 is 29.6 Å². The van der Waals surface area contributed by atoms with Crippen LogP contribution in [0.5, 0.6) is 0 Å². The van der Waals surface area contributed by atoms with Gasteiger partial charge in [-0.2, -0.15) is 0 Å². The Balaban J connectivity index is 0.00000112. The molecule has 0 N–H and O–H groups in total. The predicted octanol–water partition coefficient (Wildman–Crippen LogP) is -1.80. The van der Waals surface area contributed by atoms with Crippen LogP contribution >= 0.6 is 11.3 Å². The molecule has 2 rings (SSSR count). The van der Waals surface area contributed by atoms with E-state index in [0.29, 0.717) is 17.6 Å². The zero-order valence-corrected chi connectivity index (χ0v) is 11.0. The van der Waals surface area contributed by atoms with Crippen LogP contribution in [0.1, 0.15) is 5.01 Å². The molecule has 70 valence electrons. The number of fused-ring (bicyclic) bond motifs is 1. The van der Waals surface area contributed by atoms with Crippen molar-refractivity contribution in [3.05, 3.63) is 35.5 Å². The SMILES string of the molecule is O=C/C(=C\[O-])c1nc2ccccc2s1.[Na+]. The second kappa shape index (κ2) is 5.42. The van der Waals surface area contributed by atoms with Gasteiger partial charge in [0.1, 0.15) is 5.01 Å². The number of aldehydes is 1. The van der Waals surface area contributed by atoms with Crippen LogP contribution in [0.4, 0.5) is 0 Å². The quantitative estimate of drug-likeness (QED) is 0.263. The summed E-state index contributed by atoms with van der Waals surface area (Å²) in [6.07, 6.45) is 1.06. The maximum absolute atomic E-state index is 10.5. The fourth-order valence-corrected chi connectivity index (χ4v) is 2.06. The molecule has 0 bridgehead atoms. The maximum atomic E-state index is 10.5. The van der Waals surface area contributed by atoms with Crippen molar-refractivity contribution in [3.8, 4) is 0 Å². The minimum atomic E-state index is 0. The number of hydrogen-bond acceptors (Lipinski definition) is 4. The molecule has 0 saturated carbocycles. The molecule has 0 aliphatic rings. The van der Waals surface area contributed by atoms with Crippen LogP contribution in [0.2, 0.25) is 0 Å². The van der Waals surface area contributed by atoms with E-state index >= 15 is 0 Å². The van der Waals surface area contributed by atoms with Gasteiger partial charge < -0.3 is 5.11 Å². The van der Waals surface area contributed by atoms with Gasteiger partial charge in [0.05, 0.1) is 10.2 Å². The van der Waals surface area contributed by atoms with Crippen LogP contribution in [-0.4, -0.2) is 11.3 Å². The predicted molar refractivity (Wildman–Crippen MR) is 53.7 cm³/mol. The molecule has 3 nitrogen and oxygen atoms in total. The first-order valence-corrected chi connectivity index (χ1v) is 4.80. The molecule has 0 radical (unpaired) electrons. The fourth-order valence-electron chi connectivity index (χ4n) is 1.12. The molecule has 1 aromatic heterocycles. The first kappa shape index (κ1) is 12.4. The van der Waals surface area contributed by atoms with Crippen molar-refractivity contribution in [2.45, 2.75) is 0 Å². The third-order valence-electron chi connectivity index (χ3n) is 1.79. The topological polar surface area (TPSA) is 53.0 Å². The molecule has 1 aromatic carbocycles. The molecule has 0 spiro atoms. The molecule has 0 unspecified atom stereocenters. The molecular weight excluding hydrogens is 221 g/mol. The van der Waals surface area contributed by atoms with E-state index in [9.17, 15) is 9.90 Å². The first-order chi connectivity index (χ1) is 6.85. The Morgan fingerprint density at radius 3 is 2.73 bits per heavy atom. The summed E-state index contributed by atoms with van der Waals surface area (Å²) in [6.45, 7) is 0. The number of allylic oxidation sites excluding steroid dienone is 1. The van der Waals surface area contributed by atoms with Crippen LogP contribution in [0.25, 0.3) is 15.8 Å². The number of carbonyl (C=O) groups is 1. The molecule has 5 heteroatoms.